The van der Waals surface area contributed by atoms with Gasteiger partial charge in [0.1, 0.15) is 0 Å². The van der Waals surface area contributed by atoms with Crippen LogP contribution in [0.3, 0.4) is 0 Å². The third kappa shape index (κ3) is 8.36. The lowest BCUT2D eigenvalue weighted by Crippen LogP contribution is -2.35. The molecule has 0 spiro atoms. The van der Waals surface area contributed by atoms with E-state index in [0.29, 0.717) is 0 Å². The number of sulfonamides is 1. The largest absolute Gasteiger partial charge is 0.378 e. The Bertz CT molecular complexity index is 306. The van der Waals surface area contributed by atoms with E-state index in [2.05, 4.69) is 4.72 Å². The van der Waals surface area contributed by atoms with E-state index in [1.807, 2.05) is 19.9 Å². The number of nitriles is 1. The van der Waals surface area contributed by atoms with Crippen LogP contribution in [0, 0.1) is 11.3 Å². The number of nitrogens with zero attached hydrogens (tertiary/aromatic N) is 1. The number of hydrogen-bond acceptors (Lipinski definition) is 4. The molecule has 0 saturated carbocycles. The van der Waals surface area contributed by atoms with Crippen LogP contribution in [0.25, 0.3) is 0 Å². The van der Waals surface area contributed by atoms with E-state index in [1.165, 1.54) is 0 Å². The zero-order valence-corrected chi connectivity index (χ0v) is 10.2. The molecule has 0 amide bonds. The molecule has 0 bridgehead atoms. The van der Waals surface area contributed by atoms with Gasteiger partial charge in [-0.05, 0) is 20.8 Å². The predicted octanol–water partition coefficient (Wildman–Crippen LogP) is 0.633. The van der Waals surface area contributed by atoms with Crippen LogP contribution >= 0.6 is 0 Å². The summed E-state index contributed by atoms with van der Waals surface area (Å²) in [6, 6.07) is 1.56. The van der Waals surface area contributed by atoms with E-state index < -0.39 is 10.0 Å². The maximum absolute atomic E-state index is 11.4. The smallest absolute Gasteiger partial charge is 0.214 e. The van der Waals surface area contributed by atoms with Gasteiger partial charge in [-0.3, -0.25) is 0 Å². The highest BCUT2D eigenvalue weighted by Gasteiger charge is 2.14. The summed E-state index contributed by atoms with van der Waals surface area (Å²) in [4.78, 5) is 0. The van der Waals surface area contributed by atoms with Crippen molar-refractivity contribution in [3.05, 3.63) is 0 Å². The molecule has 0 rings (SSSR count). The first-order valence-corrected chi connectivity index (χ1v) is 6.51. The minimum absolute atomic E-state index is 0.0248. The molecule has 15 heavy (non-hydrogen) atoms. The van der Waals surface area contributed by atoms with Crippen molar-refractivity contribution in [3.8, 4) is 6.07 Å². The van der Waals surface area contributed by atoms with Crippen molar-refractivity contribution < 1.29 is 13.2 Å². The summed E-state index contributed by atoms with van der Waals surface area (Å²) in [5.74, 6) is -0.0685. The number of ether oxygens (including phenoxy) is 1. The second-order valence-corrected chi connectivity index (χ2v) is 5.49. The van der Waals surface area contributed by atoms with E-state index in [-0.39, 0.29) is 30.9 Å². The van der Waals surface area contributed by atoms with Crippen LogP contribution < -0.4 is 4.72 Å². The van der Waals surface area contributed by atoms with Gasteiger partial charge in [0.2, 0.25) is 10.0 Å². The lowest BCUT2D eigenvalue weighted by atomic mass is 10.3. The molecule has 0 aromatic carbocycles. The van der Waals surface area contributed by atoms with Gasteiger partial charge in [-0.2, -0.15) is 5.26 Å². The van der Waals surface area contributed by atoms with Crippen LogP contribution in [0.4, 0.5) is 0 Å². The van der Waals surface area contributed by atoms with Crippen molar-refractivity contribution >= 4 is 10.0 Å². The molecular weight excluding hydrogens is 216 g/mol. The minimum Gasteiger partial charge on any atom is -0.378 e. The molecule has 1 atom stereocenters. The Hall–Kier alpha value is -0.640. The maximum Gasteiger partial charge on any atom is 0.214 e. The second-order valence-electron chi connectivity index (χ2n) is 3.62. The molecule has 1 N–H and O–H groups in total. The highest BCUT2D eigenvalue weighted by atomic mass is 32.2. The Labute approximate surface area is 91.5 Å². The van der Waals surface area contributed by atoms with Gasteiger partial charge in [0.15, 0.2) is 0 Å². The van der Waals surface area contributed by atoms with Crippen molar-refractivity contribution in [2.24, 2.45) is 0 Å². The molecule has 6 heteroatoms. The molecular formula is C9H18N2O3S. The summed E-state index contributed by atoms with van der Waals surface area (Å²) in [6.45, 7) is 5.52. The quantitative estimate of drug-likeness (QED) is 0.701. The summed E-state index contributed by atoms with van der Waals surface area (Å²) in [7, 11) is -3.32. The lowest BCUT2D eigenvalue weighted by Gasteiger charge is -2.12. The predicted molar refractivity (Wildman–Crippen MR) is 57.7 cm³/mol. The van der Waals surface area contributed by atoms with E-state index in [0.717, 1.165) is 0 Å². The Balaban J connectivity index is 3.93. The monoisotopic (exact) mass is 234 g/mol. The molecule has 88 valence electrons. The fourth-order valence-electron chi connectivity index (χ4n) is 0.938. The van der Waals surface area contributed by atoms with Gasteiger partial charge < -0.3 is 4.74 Å². The summed E-state index contributed by atoms with van der Waals surface area (Å²) in [5, 5.41) is 8.37. The lowest BCUT2D eigenvalue weighted by molar-refractivity contribution is 0.0911. The molecule has 0 aromatic heterocycles. The first-order chi connectivity index (χ1) is 6.87. The minimum atomic E-state index is -3.32. The Morgan fingerprint density at radius 2 is 2.00 bits per heavy atom. The van der Waals surface area contributed by atoms with Crippen LogP contribution in [0.5, 0.6) is 0 Å². The molecule has 5 nitrogen and oxygen atoms in total. The SMILES string of the molecule is CC(CC#N)NS(=O)(=O)CCOC(C)C. The van der Waals surface area contributed by atoms with Crippen LogP contribution in [-0.2, 0) is 14.8 Å². The molecule has 1 unspecified atom stereocenters. The molecule has 0 saturated heterocycles. The zero-order chi connectivity index (χ0) is 11.9. The van der Waals surface area contributed by atoms with Crippen molar-refractivity contribution in [3.63, 3.8) is 0 Å². The summed E-state index contributed by atoms with van der Waals surface area (Å²) >= 11 is 0. The van der Waals surface area contributed by atoms with Gasteiger partial charge in [0.25, 0.3) is 0 Å². The van der Waals surface area contributed by atoms with Crippen molar-refractivity contribution in [1.82, 2.24) is 4.72 Å². The molecule has 0 aliphatic rings. The topological polar surface area (TPSA) is 79.2 Å². The number of rotatable bonds is 7. The summed E-state index contributed by atoms with van der Waals surface area (Å²) in [5.41, 5.74) is 0. The first-order valence-electron chi connectivity index (χ1n) is 4.86. The van der Waals surface area contributed by atoms with Gasteiger partial charge in [-0.25, -0.2) is 13.1 Å². The third-order valence-electron chi connectivity index (χ3n) is 1.58. The van der Waals surface area contributed by atoms with Crippen LogP contribution in [-0.4, -0.2) is 32.9 Å². The van der Waals surface area contributed by atoms with E-state index >= 15 is 0 Å². The third-order valence-corrected chi connectivity index (χ3v) is 3.05. The molecule has 0 fully saturated rings. The second kappa shape index (κ2) is 6.77. The van der Waals surface area contributed by atoms with Crippen molar-refractivity contribution in [2.45, 2.75) is 39.3 Å². The van der Waals surface area contributed by atoms with Crippen LogP contribution in [0.1, 0.15) is 27.2 Å². The molecule has 0 aliphatic heterocycles. The highest BCUT2D eigenvalue weighted by molar-refractivity contribution is 7.89. The zero-order valence-electron chi connectivity index (χ0n) is 9.36. The average Bonchev–Trinajstić information content (AvgIpc) is 2.01. The van der Waals surface area contributed by atoms with Gasteiger partial charge in [-0.1, -0.05) is 0 Å². The van der Waals surface area contributed by atoms with Crippen LogP contribution in [0.2, 0.25) is 0 Å². The van der Waals surface area contributed by atoms with Crippen molar-refractivity contribution in [2.75, 3.05) is 12.4 Å². The summed E-state index contributed by atoms with van der Waals surface area (Å²) in [6.07, 6.45) is 0.196. The average molecular weight is 234 g/mol. The Morgan fingerprint density at radius 3 is 2.47 bits per heavy atom. The molecule has 0 aliphatic carbocycles. The normalized spacial score (nSPS) is 13.8. The van der Waals surface area contributed by atoms with E-state index in [4.69, 9.17) is 10.00 Å². The Morgan fingerprint density at radius 1 is 1.40 bits per heavy atom. The molecule has 0 heterocycles. The van der Waals surface area contributed by atoms with Gasteiger partial charge in [0, 0.05) is 6.04 Å². The van der Waals surface area contributed by atoms with Gasteiger partial charge in [0.05, 0.1) is 31.0 Å². The fourth-order valence-corrected chi connectivity index (χ4v) is 2.07. The first kappa shape index (κ1) is 14.4. The number of nitrogens with one attached hydrogen (secondary N) is 1. The standard InChI is InChI=1S/C9H18N2O3S/c1-8(2)14-6-7-15(12,13)11-9(3)4-5-10/h8-9,11H,4,6-7H2,1-3H3. The molecule has 0 radical (unpaired) electrons. The van der Waals surface area contributed by atoms with E-state index in [1.54, 1.807) is 6.92 Å². The van der Waals surface area contributed by atoms with E-state index in [9.17, 15) is 8.42 Å². The Kier molecular flexibility index (Phi) is 6.48. The van der Waals surface area contributed by atoms with Gasteiger partial charge in [-0.15, -0.1) is 0 Å². The fraction of sp³-hybridized carbons (Fsp3) is 0.889. The molecule has 0 aromatic rings. The van der Waals surface area contributed by atoms with Crippen LogP contribution in [0.15, 0.2) is 0 Å². The van der Waals surface area contributed by atoms with Crippen molar-refractivity contribution in [1.29, 1.82) is 5.26 Å². The number of hydrogen-bond donors (Lipinski definition) is 1. The highest BCUT2D eigenvalue weighted by Crippen LogP contribution is 1.95. The summed E-state index contributed by atoms with van der Waals surface area (Å²) < 4.78 is 30.3. The van der Waals surface area contributed by atoms with Gasteiger partial charge >= 0.3 is 0 Å². The maximum atomic E-state index is 11.4.